The zero-order valence-corrected chi connectivity index (χ0v) is 9.14. The second kappa shape index (κ2) is 3.31. The fourth-order valence-corrected chi connectivity index (χ4v) is 1.69. The average molecular weight is 235 g/mol. The number of nitrogens with zero attached hydrogens (tertiary/aromatic N) is 4. The molecule has 0 amide bonds. The molecule has 0 spiro atoms. The topological polar surface area (TPSA) is 56.7 Å². The van der Waals surface area contributed by atoms with Crippen molar-refractivity contribution in [3.8, 4) is 11.6 Å². The Morgan fingerprint density at radius 3 is 3.00 bits per heavy atom. The highest BCUT2D eigenvalue weighted by Gasteiger charge is 2.13. The van der Waals surface area contributed by atoms with Gasteiger partial charge in [-0.1, -0.05) is 11.6 Å². The minimum Gasteiger partial charge on any atom is -0.461 e. The molecular formula is C10H7ClN4O. The van der Waals surface area contributed by atoms with Gasteiger partial charge >= 0.3 is 0 Å². The molecule has 0 aliphatic carbocycles. The number of halogens is 1. The fourth-order valence-electron chi connectivity index (χ4n) is 1.56. The van der Waals surface area contributed by atoms with Crippen LogP contribution in [0.4, 0.5) is 0 Å². The minimum absolute atomic E-state index is 0.349. The number of fused-ring (bicyclic) bond motifs is 1. The summed E-state index contributed by atoms with van der Waals surface area (Å²) in [4.78, 5) is 12.6. The van der Waals surface area contributed by atoms with Gasteiger partial charge in [0.05, 0.1) is 12.5 Å². The van der Waals surface area contributed by atoms with E-state index in [4.69, 9.17) is 16.0 Å². The summed E-state index contributed by atoms with van der Waals surface area (Å²) in [5.41, 5.74) is 1.19. The largest absolute Gasteiger partial charge is 0.461 e. The Morgan fingerprint density at radius 2 is 2.25 bits per heavy atom. The molecule has 0 fully saturated rings. The van der Waals surface area contributed by atoms with Crippen molar-refractivity contribution in [1.29, 1.82) is 0 Å². The van der Waals surface area contributed by atoms with E-state index in [1.807, 2.05) is 19.2 Å². The molecule has 0 aliphatic heterocycles. The van der Waals surface area contributed by atoms with Crippen LogP contribution in [-0.2, 0) is 7.05 Å². The van der Waals surface area contributed by atoms with E-state index in [0.29, 0.717) is 28.0 Å². The van der Waals surface area contributed by atoms with Gasteiger partial charge in [-0.15, -0.1) is 0 Å². The van der Waals surface area contributed by atoms with Crippen molar-refractivity contribution < 1.29 is 4.42 Å². The first-order chi connectivity index (χ1) is 7.75. The van der Waals surface area contributed by atoms with Gasteiger partial charge in [0.1, 0.15) is 5.15 Å². The summed E-state index contributed by atoms with van der Waals surface area (Å²) < 4.78 is 7.09. The lowest BCUT2D eigenvalue weighted by atomic mass is 10.4. The van der Waals surface area contributed by atoms with Gasteiger partial charge in [0.15, 0.2) is 22.9 Å². The lowest BCUT2D eigenvalue weighted by Gasteiger charge is -1.97. The Morgan fingerprint density at radius 1 is 1.38 bits per heavy atom. The Kier molecular flexibility index (Phi) is 1.94. The molecule has 0 bridgehead atoms. The van der Waals surface area contributed by atoms with Gasteiger partial charge < -0.3 is 8.98 Å². The first-order valence-corrected chi connectivity index (χ1v) is 5.02. The number of aromatic nitrogens is 4. The van der Waals surface area contributed by atoms with Gasteiger partial charge in [0.25, 0.3) is 0 Å². The van der Waals surface area contributed by atoms with Crippen molar-refractivity contribution in [1.82, 2.24) is 19.5 Å². The smallest absolute Gasteiger partial charge is 0.198 e. The molecule has 6 heteroatoms. The summed E-state index contributed by atoms with van der Waals surface area (Å²) in [6.07, 6.45) is 3.07. The van der Waals surface area contributed by atoms with Gasteiger partial charge in [-0.05, 0) is 12.1 Å². The number of aryl methyl sites for hydroxylation is 1. The first-order valence-electron chi connectivity index (χ1n) is 4.64. The molecule has 16 heavy (non-hydrogen) atoms. The predicted molar refractivity (Wildman–Crippen MR) is 59.0 cm³/mol. The maximum atomic E-state index is 5.79. The van der Waals surface area contributed by atoms with E-state index >= 15 is 0 Å². The van der Waals surface area contributed by atoms with Crippen LogP contribution in [0.25, 0.3) is 22.9 Å². The van der Waals surface area contributed by atoms with Gasteiger partial charge in [0.2, 0.25) is 0 Å². The van der Waals surface area contributed by atoms with Crippen LogP contribution >= 0.6 is 11.6 Å². The van der Waals surface area contributed by atoms with Crippen LogP contribution in [0.5, 0.6) is 0 Å². The van der Waals surface area contributed by atoms with E-state index < -0.39 is 0 Å². The normalized spacial score (nSPS) is 11.1. The molecule has 5 nitrogen and oxygen atoms in total. The van der Waals surface area contributed by atoms with Gasteiger partial charge in [-0.3, -0.25) is 0 Å². The van der Waals surface area contributed by atoms with Crippen molar-refractivity contribution in [3.05, 3.63) is 29.7 Å². The van der Waals surface area contributed by atoms with Crippen LogP contribution in [0.1, 0.15) is 0 Å². The van der Waals surface area contributed by atoms with Crippen LogP contribution < -0.4 is 0 Å². The minimum atomic E-state index is 0.349. The molecule has 3 heterocycles. The summed E-state index contributed by atoms with van der Waals surface area (Å²) in [6.45, 7) is 0. The predicted octanol–water partition coefficient (Wildman–Crippen LogP) is 2.28. The summed E-state index contributed by atoms with van der Waals surface area (Å²) >= 11 is 5.79. The van der Waals surface area contributed by atoms with E-state index in [1.165, 1.54) is 6.20 Å². The van der Waals surface area contributed by atoms with Crippen molar-refractivity contribution in [2.45, 2.75) is 0 Å². The Bertz CT molecular complexity index is 644. The Balaban J connectivity index is 2.32. The highest BCUT2D eigenvalue weighted by Crippen LogP contribution is 2.22. The third-order valence-electron chi connectivity index (χ3n) is 2.29. The molecule has 3 rings (SSSR count). The summed E-state index contributed by atoms with van der Waals surface area (Å²) in [6, 6.07) is 3.64. The van der Waals surface area contributed by atoms with Crippen LogP contribution in [0.15, 0.2) is 29.0 Å². The quantitative estimate of drug-likeness (QED) is 0.648. The van der Waals surface area contributed by atoms with E-state index in [-0.39, 0.29) is 0 Å². The molecule has 0 saturated carbocycles. The summed E-state index contributed by atoms with van der Waals surface area (Å²) in [5.74, 6) is 1.36. The standard InChI is InChI=1S/C10H7ClN4O/c1-15-9(6-3-2-4-16-6)14-8-10(15)13-7(11)5-12-8/h2-5H,1H3. The second-order valence-electron chi connectivity index (χ2n) is 3.31. The first kappa shape index (κ1) is 9.35. The molecule has 80 valence electrons. The molecule has 0 aromatic carbocycles. The van der Waals surface area contributed by atoms with E-state index in [0.717, 1.165) is 0 Å². The van der Waals surface area contributed by atoms with Crippen molar-refractivity contribution in [3.63, 3.8) is 0 Å². The number of hydrogen-bond donors (Lipinski definition) is 0. The van der Waals surface area contributed by atoms with Crippen molar-refractivity contribution >= 4 is 22.9 Å². The Hall–Kier alpha value is -1.88. The molecule has 0 N–H and O–H groups in total. The van der Waals surface area contributed by atoms with Crippen LogP contribution in [0.3, 0.4) is 0 Å². The number of hydrogen-bond acceptors (Lipinski definition) is 4. The molecule has 0 unspecified atom stereocenters. The molecule has 0 radical (unpaired) electrons. The SMILES string of the molecule is Cn1c(-c2ccco2)nc2ncc(Cl)nc21. The summed E-state index contributed by atoms with van der Waals surface area (Å²) in [5, 5.41) is 0.349. The molecule has 3 aromatic rings. The van der Waals surface area contributed by atoms with E-state index in [2.05, 4.69) is 15.0 Å². The zero-order chi connectivity index (χ0) is 11.1. The third-order valence-corrected chi connectivity index (χ3v) is 2.48. The maximum Gasteiger partial charge on any atom is 0.198 e. The van der Waals surface area contributed by atoms with Crippen molar-refractivity contribution in [2.75, 3.05) is 0 Å². The molecule has 0 aliphatic rings. The monoisotopic (exact) mass is 234 g/mol. The highest BCUT2D eigenvalue weighted by molar-refractivity contribution is 6.29. The van der Waals surface area contributed by atoms with Crippen LogP contribution in [0, 0.1) is 0 Å². The van der Waals surface area contributed by atoms with Crippen molar-refractivity contribution in [2.24, 2.45) is 7.05 Å². The molecule has 0 atom stereocenters. The fraction of sp³-hybridized carbons (Fsp3) is 0.100. The van der Waals surface area contributed by atoms with Gasteiger partial charge in [-0.2, -0.15) is 0 Å². The molecule has 3 aromatic heterocycles. The van der Waals surface area contributed by atoms with Crippen LogP contribution in [-0.4, -0.2) is 19.5 Å². The lowest BCUT2D eigenvalue weighted by molar-refractivity contribution is 0.574. The number of rotatable bonds is 1. The van der Waals surface area contributed by atoms with Gasteiger partial charge in [0, 0.05) is 7.05 Å². The lowest BCUT2D eigenvalue weighted by Crippen LogP contribution is -1.93. The number of furan rings is 1. The maximum absolute atomic E-state index is 5.79. The zero-order valence-electron chi connectivity index (χ0n) is 8.38. The molecule has 0 saturated heterocycles. The third kappa shape index (κ3) is 1.29. The number of imidazole rings is 1. The summed E-state index contributed by atoms with van der Waals surface area (Å²) in [7, 11) is 1.85. The Labute approximate surface area is 95.7 Å². The second-order valence-corrected chi connectivity index (χ2v) is 3.70. The molecular weight excluding hydrogens is 228 g/mol. The van der Waals surface area contributed by atoms with Crippen LogP contribution in [0.2, 0.25) is 5.15 Å². The highest BCUT2D eigenvalue weighted by atomic mass is 35.5. The van der Waals surface area contributed by atoms with E-state index in [9.17, 15) is 0 Å². The average Bonchev–Trinajstić information content (AvgIpc) is 2.87. The van der Waals surface area contributed by atoms with Gasteiger partial charge in [-0.25, -0.2) is 15.0 Å². The van der Waals surface area contributed by atoms with E-state index in [1.54, 1.807) is 10.8 Å².